The predicted octanol–water partition coefficient (Wildman–Crippen LogP) is 0.573. The third-order valence-corrected chi connectivity index (χ3v) is 2.53. The van der Waals surface area contributed by atoms with Gasteiger partial charge in [0.25, 0.3) is 0 Å². The third kappa shape index (κ3) is 3.05. The Labute approximate surface area is 94.7 Å². The number of primary amides is 1. The minimum absolute atomic E-state index is 0.242. The summed E-state index contributed by atoms with van der Waals surface area (Å²) < 4.78 is 0. The molecule has 2 unspecified atom stereocenters. The quantitative estimate of drug-likeness (QED) is 0.698. The van der Waals surface area contributed by atoms with E-state index in [0.29, 0.717) is 5.56 Å². The van der Waals surface area contributed by atoms with E-state index in [1.54, 1.807) is 6.07 Å². The van der Waals surface area contributed by atoms with Gasteiger partial charge in [-0.25, -0.2) is 0 Å². The summed E-state index contributed by atoms with van der Waals surface area (Å²) in [5, 5.41) is 19.5. The summed E-state index contributed by atoms with van der Waals surface area (Å²) in [6, 6.07) is 5.58. The van der Waals surface area contributed by atoms with Crippen molar-refractivity contribution >= 4 is 5.91 Å². The molecule has 1 aromatic rings. The second-order valence-electron chi connectivity index (χ2n) is 4.04. The minimum Gasteiger partial charge on any atom is -0.390 e. The van der Waals surface area contributed by atoms with Crippen molar-refractivity contribution < 1.29 is 15.0 Å². The Balaban J connectivity index is 2.90. The summed E-state index contributed by atoms with van der Waals surface area (Å²) in [6.45, 7) is 3.74. The molecule has 88 valence electrons. The van der Waals surface area contributed by atoms with Crippen LogP contribution in [0.3, 0.4) is 0 Å². The molecule has 0 aliphatic carbocycles. The summed E-state index contributed by atoms with van der Waals surface area (Å²) in [6.07, 6.45) is -2.47. The fourth-order valence-electron chi connectivity index (χ4n) is 1.60. The van der Waals surface area contributed by atoms with E-state index in [0.717, 1.165) is 11.1 Å². The lowest BCUT2D eigenvalue weighted by atomic mass is 9.96. The topological polar surface area (TPSA) is 83.6 Å². The van der Waals surface area contributed by atoms with Crippen molar-refractivity contribution in [2.24, 2.45) is 5.73 Å². The second kappa shape index (κ2) is 5.09. The van der Waals surface area contributed by atoms with Crippen LogP contribution >= 0.6 is 0 Å². The van der Waals surface area contributed by atoms with Crippen LogP contribution in [0.25, 0.3) is 0 Å². The van der Waals surface area contributed by atoms with Gasteiger partial charge >= 0.3 is 0 Å². The summed E-state index contributed by atoms with van der Waals surface area (Å²) in [5.41, 5.74) is 7.47. The fourth-order valence-corrected chi connectivity index (χ4v) is 1.60. The van der Waals surface area contributed by atoms with Crippen LogP contribution in [-0.4, -0.2) is 22.2 Å². The number of benzene rings is 1. The zero-order chi connectivity index (χ0) is 12.3. The van der Waals surface area contributed by atoms with Crippen LogP contribution in [0.15, 0.2) is 18.2 Å². The summed E-state index contributed by atoms with van der Waals surface area (Å²) in [4.78, 5) is 10.6. The van der Waals surface area contributed by atoms with Gasteiger partial charge in [-0.05, 0) is 25.0 Å². The number of aliphatic hydroxyl groups excluding tert-OH is 2. The summed E-state index contributed by atoms with van der Waals surface area (Å²) in [7, 11) is 0. The van der Waals surface area contributed by atoms with Crippen LogP contribution in [0.4, 0.5) is 0 Å². The first-order chi connectivity index (χ1) is 7.41. The highest BCUT2D eigenvalue weighted by atomic mass is 16.3. The van der Waals surface area contributed by atoms with Crippen LogP contribution in [0.2, 0.25) is 0 Å². The molecule has 0 spiro atoms. The summed E-state index contributed by atoms with van der Waals surface area (Å²) in [5.74, 6) is -0.628. The maximum atomic E-state index is 10.6. The van der Waals surface area contributed by atoms with Gasteiger partial charge in [-0.1, -0.05) is 23.8 Å². The molecule has 4 nitrogen and oxygen atoms in total. The van der Waals surface area contributed by atoms with E-state index < -0.39 is 18.1 Å². The van der Waals surface area contributed by atoms with Crippen molar-refractivity contribution in [3.63, 3.8) is 0 Å². The van der Waals surface area contributed by atoms with E-state index in [1.807, 2.05) is 26.0 Å². The third-order valence-electron chi connectivity index (χ3n) is 2.53. The van der Waals surface area contributed by atoms with Crippen LogP contribution in [0.5, 0.6) is 0 Å². The average Bonchev–Trinajstić information content (AvgIpc) is 2.19. The Bertz CT molecular complexity index is 390. The van der Waals surface area contributed by atoms with E-state index in [1.165, 1.54) is 0 Å². The first-order valence-corrected chi connectivity index (χ1v) is 5.13. The first kappa shape index (κ1) is 12.7. The van der Waals surface area contributed by atoms with Crippen LogP contribution in [-0.2, 0) is 4.79 Å². The molecular weight excluding hydrogens is 206 g/mol. The van der Waals surface area contributed by atoms with Gasteiger partial charge in [0.05, 0.1) is 12.5 Å². The van der Waals surface area contributed by atoms with E-state index in [-0.39, 0.29) is 6.42 Å². The molecule has 0 aliphatic heterocycles. The molecule has 2 atom stereocenters. The molecule has 0 saturated carbocycles. The molecule has 0 bridgehead atoms. The molecule has 1 rings (SSSR count). The molecule has 16 heavy (non-hydrogen) atoms. The highest BCUT2D eigenvalue weighted by molar-refractivity contribution is 5.74. The van der Waals surface area contributed by atoms with Gasteiger partial charge in [0.2, 0.25) is 5.91 Å². The number of carbonyl (C=O) groups is 1. The van der Waals surface area contributed by atoms with Crippen molar-refractivity contribution in [2.75, 3.05) is 0 Å². The molecular formula is C12H17NO3. The SMILES string of the molecule is Cc1ccc(C)c(C(O)C(O)CC(N)=O)c1. The van der Waals surface area contributed by atoms with E-state index in [2.05, 4.69) is 0 Å². The van der Waals surface area contributed by atoms with Gasteiger partial charge in [-0.15, -0.1) is 0 Å². The Morgan fingerprint density at radius 1 is 1.38 bits per heavy atom. The normalized spacial score (nSPS) is 14.5. The maximum absolute atomic E-state index is 10.6. The monoisotopic (exact) mass is 223 g/mol. The van der Waals surface area contributed by atoms with Gasteiger partial charge in [0.1, 0.15) is 6.10 Å². The van der Waals surface area contributed by atoms with Crippen molar-refractivity contribution in [2.45, 2.75) is 32.5 Å². The number of amides is 1. The van der Waals surface area contributed by atoms with Crippen LogP contribution in [0.1, 0.15) is 29.2 Å². The molecule has 1 amide bonds. The van der Waals surface area contributed by atoms with Crippen LogP contribution in [0, 0.1) is 13.8 Å². The standard InChI is InChI=1S/C12H17NO3/c1-7-3-4-8(2)9(5-7)12(16)10(14)6-11(13)15/h3-5,10,12,14,16H,6H2,1-2H3,(H2,13,15). The molecule has 4 heteroatoms. The van der Waals surface area contributed by atoms with Crippen LogP contribution < -0.4 is 5.73 Å². The largest absolute Gasteiger partial charge is 0.390 e. The average molecular weight is 223 g/mol. The molecule has 0 radical (unpaired) electrons. The number of nitrogens with two attached hydrogens (primary N) is 1. The molecule has 1 aromatic carbocycles. The number of hydrogen-bond donors (Lipinski definition) is 3. The Kier molecular flexibility index (Phi) is 4.04. The van der Waals surface area contributed by atoms with E-state index >= 15 is 0 Å². The highest BCUT2D eigenvalue weighted by Gasteiger charge is 2.21. The maximum Gasteiger partial charge on any atom is 0.220 e. The number of aliphatic hydroxyl groups is 2. The fraction of sp³-hybridized carbons (Fsp3) is 0.417. The van der Waals surface area contributed by atoms with Gasteiger partial charge in [-0.2, -0.15) is 0 Å². The Morgan fingerprint density at radius 2 is 2.00 bits per heavy atom. The zero-order valence-corrected chi connectivity index (χ0v) is 9.47. The molecule has 0 fully saturated rings. The lowest BCUT2D eigenvalue weighted by Gasteiger charge is -2.19. The number of carbonyl (C=O) groups excluding carboxylic acids is 1. The lowest BCUT2D eigenvalue weighted by molar-refractivity contribution is -0.121. The van der Waals surface area contributed by atoms with Crippen molar-refractivity contribution in [1.82, 2.24) is 0 Å². The molecule has 0 saturated heterocycles. The summed E-state index contributed by atoms with van der Waals surface area (Å²) >= 11 is 0. The van der Waals surface area contributed by atoms with Gasteiger partial charge < -0.3 is 15.9 Å². The number of aryl methyl sites for hydroxylation is 2. The Hall–Kier alpha value is -1.39. The van der Waals surface area contributed by atoms with Crippen molar-refractivity contribution in [3.05, 3.63) is 34.9 Å². The lowest BCUT2D eigenvalue weighted by Crippen LogP contribution is -2.26. The zero-order valence-electron chi connectivity index (χ0n) is 9.47. The van der Waals surface area contributed by atoms with Crippen molar-refractivity contribution in [1.29, 1.82) is 0 Å². The first-order valence-electron chi connectivity index (χ1n) is 5.13. The minimum atomic E-state index is -1.15. The Morgan fingerprint density at radius 3 is 2.56 bits per heavy atom. The number of rotatable bonds is 4. The second-order valence-corrected chi connectivity index (χ2v) is 4.04. The van der Waals surface area contributed by atoms with Gasteiger partial charge in [-0.3, -0.25) is 4.79 Å². The molecule has 4 N–H and O–H groups in total. The molecule has 0 heterocycles. The number of hydrogen-bond acceptors (Lipinski definition) is 3. The van der Waals surface area contributed by atoms with Gasteiger partial charge in [0.15, 0.2) is 0 Å². The smallest absolute Gasteiger partial charge is 0.220 e. The van der Waals surface area contributed by atoms with E-state index in [4.69, 9.17) is 5.73 Å². The predicted molar refractivity (Wildman–Crippen MR) is 60.7 cm³/mol. The van der Waals surface area contributed by atoms with Gasteiger partial charge in [0, 0.05) is 0 Å². The van der Waals surface area contributed by atoms with E-state index in [9.17, 15) is 15.0 Å². The molecule has 0 aromatic heterocycles. The molecule has 0 aliphatic rings. The highest BCUT2D eigenvalue weighted by Crippen LogP contribution is 2.23. The van der Waals surface area contributed by atoms with Crippen molar-refractivity contribution in [3.8, 4) is 0 Å².